The van der Waals surface area contributed by atoms with Gasteiger partial charge < -0.3 is 24.6 Å². The van der Waals surface area contributed by atoms with E-state index in [2.05, 4.69) is 68.1 Å². The summed E-state index contributed by atoms with van der Waals surface area (Å²) in [6, 6.07) is 14.0. The topological polar surface area (TPSA) is 138 Å². The van der Waals surface area contributed by atoms with Crippen molar-refractivity contribution < 1.29 is 23.9 Å². The number of hydrogen-bond acceptors (Lipinski definition) is 9. The molecule has 0 aliphatic carbocycles. The van der Waals surface area contributed by atoms with Gasteiger partial charge in [-0.25, -0.2) is 4.79 Å². The van der Waals surface area contributed by atoms with Gasteiger partial charge in [-0.3, -0.25) is 29.6 Å². The molecule has 62 heavy (non-hydrogen) atoms. The molecule has 1 aromatic heterocycles. The molecule has 5 heterocycles. The van der Waals surface area contributed by atoms with Crippen LogP contribution in [0.3, 0.4) is 0 Å². The Morgan fingerprint density at radius 2 is 1.50 bits per heavy atom. The average molecular weight is 842 g/mol. The highest BCUT2D eigenvalue weighted by molar-refractivity contribution is 5.96. The molecule has 3 fully saturated rings. The number of benzene rings is 2. The third-order valence-corrected chi connectivity index (χ3v) is 13.5. The first-order chi connectivity index (χ1) is 29.7. The van der Waals surface area contributed by atoms with Crippen LogP contribution >= 0.6 is 0 Å². The minimum absolute atomic E-state index is 0.0110. The predicted molar refractivity (Wildman–Crippen MR) is 247 cm³/mol. The summed E-state index contributed by atoms with van der Waals surface area (Å²) in [5, 5.41) is 2.73. The molecule has 2 bridgehead atoms. The number of amides is 3. The number of likely N-dealkylation sites (tertiary alicyclic amines) is 2. The van der Waals surface area contributed by atoms with Crippen molar-refractivity contribution in [3.63, 3.8) is 0 Å². The van der Waals surface area contributed by atoms with Crippen molar-refractivity contribution in [3.8, 4) is 22.4 Å². The highest BCUT2D eigenvalue weighted by atomic mass is 16.5. The Bertz CT molecular complexity index is 2300. The molecule has 6 atom stereocenters. The zero-order chi connectivity index (χ0) is 44.4. The lowest BCUT2D eigenvalue weighted by molar-refractivity contribution is -0.136. The molecule has 1 N–H and O–H groups in total. The van der Waals surface area contributed by atoms with Gasteiger partial charge >= 0.3 is 6.09 Å². The first kappa shape index (κ1) is 44.6. The lowest BCUT2D eigenvalue weighted by Crippen LogP contribution is -2.53. The number of aryl methyl sites for hydroxylation is 1. The number of nitrogens with zero attached hydrogens (tertiary/aromatic N) is 6. The zero-order valence-corrected chi connectivity index (χ0v) is 37.9. The maximum Gasteiger partial charge on any atom is 0.407 e. The fourth-order valence-electron chi connectivity index (χ4n) is 9.59. The number of carbonyl (C=O) groups excluding carboxylic acids is 3. The van der Waals surface area contributed by atoms with Gasteiger partial charge in [0.15, 0.2) is 0 Å². The smallest absolute Gasteiger partial charge is 0.407 e. The maximum atomic E-state index is 13.7. The monoisotopic (exact) mass is 841 g/mol. The number of fused-ring (bicyclic) bond motifs is 5. The van der Waals surface area contributed by atoms with Gasteiger partial charge in [-0.05, 0) is 130 Å². The molecular formula is C50H63N7O5. The summed E-state index contributed by atoms with van der Waals surface area (Å²) >= 11 is 0. The number of aromatic nitrogens is 1. The molecule has 3 amide bonds. The van der Waals surface area contributed by atoms with Gasteiger partial charge in [-0.15, -0.1) is 0 Å². The molecule has 7 rings (SSSR count). The van der Waals surface area contributed by atoms with E-state index in [1.165, 1.54) is 18.2 Å². The minimum atomic E-state index is -0.675. The second-order valence-electron chi connectivity index (χ2n) is 18.1. The molecule has 0 radical (unpaired) electrons. The number of pyridine rings is 1. The summed E-state index contributed by atoms with van der Waals surface area (Å²) in [5.74, 6) is 0.244. The summed E-state index contributed by atoms with van der Waals surface area (Å²) in [5.41, 5.74) is 11.8. The Kier molecular flexibility index (Phi) is 13.6. The Hall–Kier alpha value is -5.49. The third-order valence-electron chi connectivity index (χ3n) is 13.5. The molecule has 328 valence electrons. The van der Waals surface area contributed by atoms with Gasteiger partial charge in [-0.1, -0.05) is 52.8 Å². The number of alkyl carbamates (subject to hydrolysis) is 1. The Morgan fingerprint density at radius 1 is 0.855 bits per heavy atom. The Morgan fingerprint density at radius 3 is 2.10 bits per heavy atom. The van der Waals surface area contributed by atoms with Crippen molar-refractivity contribution in [1.29, 1.82) is 0 Å². The van der Waals surface area contributed by atoms with Crippen LogP contribution in [0.2, 0.25) is 0 Å². The molecule has 0 saturated carbocycles. The maximum absolute atomic E-state index is 13.7. The average Bonchev–Trinajstić information content (AvgIpc) is 4.11. The number of nitrogens with one attached hydrogen (secondary N) is 1. The van der Waals surface area contributed by atoms with E-state index in [0.717, 1.165) is 95.7 Å². The van der Waals surface area contributed by atoms with E-state index < -0.39 is 12.1 Å². The highest BCUT2D eigenvalue weighted by Crippen LogP contribution is 2.56. The molecule has 0 spiro atoms. The molecule has 2 unspecified atom stereocenters. The molecule has 3 saturated heterocycles. The van der Waals surface area contributed by atoms with Gasteiger partial charge in [0.25, 0.3) is 0 Å². The lowest BCUT2D eigenvalue weighted by Gasteiger charge is -2.30. The summed E-state index contributed by atoms with van der Waals surface area (Å²) in [7, 11) is 1.30. The van der Waals surface area contributed by atoms with Gasteiger partial charge in [0.1, 0.15) is 6.04 Å². The van der Waals surface area contributed by atoms with Crippen molar-refractivity contribution in [2.75, 3.05) is 20.2 Å². The normalized spacial score (nSPS) is 22.3. The van der Waals surface area contributed by atoms with Crippen LogP contribution in [0.5, 0.6) is 0 Å². The van der Waals surface area contributed by atoms with Crippen LogP contribution in [0.25, 0.3) is 28.1 Å². The highest BCUT2D eigenvalue weighted by Gasteiger charge is 2.42. The second-order valence-corrected chi connectivity index (χ2v) is 18.1. The molecule has 12 nitrogen and oxygen atoms in total. The van der Waals surface area contributed by atoms with Crippen molar-refractivity contribution in [2.24, 2.45) is 32.7 Å². The Labute approximate surface area is 367 Å². The van der Waals surface area contributed by atoms with Gasteiger partial charge in [0.05, 0.1) is 54.7 Å². The van der Waals surface area contributed by atoms with E-state index in [4.69, 9.17) is 24.4 Å². The largest absolute Gasteiger partial charge is 0.453 e. The van der Waals surface area contributed by atoms with Crippen molar-refractivity contribution in [1.82, 2.24) is 20.1 Å². The van der Waals surface area contributed by atoms with Gasteiger partial charge in [-0.2, -0.15) is 0 Å². The SMILES string of the molecule is C=N/C(=C\N=C(/C)[C@@H]1CCCN1C(=O)[C@@H](C)C(C)C)c1ccc(-c2ccc(-c3ccc(/N=C(\C)[C@@H]4CCCN4C(=O)[C@@H](NC(=O)OC)C(C)C)c(C)c3)c3c2C2CCC3O2)nc1. The van der Waals surface area contributed by atoms with E-state index in [1.807, 2.05) is 62.7 Å². The summed E-state index contributed by atoms with van der Waals surface area (Å²) in [6.07, 6.45) is 8.52. The fourth-order valence-corrected chi connectivity index (χ4v) is 9.59. The van der Waals surface area contributed by atoms with Gasteiger partial charge in [0, 0.05) is 47.8 Å². The fraction of sp³-hybridized carbons (Fsp3) is 0.500. The van der Waals surface area contributed by atoms with Crippen molar-refractivity contribution in [3.05, 3.63) is 77.1 Å². The third kappa shape index (κ3) is 8.89. The van der Waals surface area contributed by atoms with Crippen LogP contribution < -0.4 is 5.32 Å². The molecule has 4 aliphatic heterocycles. The number of rotatable bonds is 13. The van der Waals surface area contributed by atoms with Gasteiger partial charge in [0.2, 0.25) is 11.8 Å². The number of carbonyl (C=O) groups is 3. The van der Waals surface area contributed by atoms with Crippen LogP contribution in [-0.2, 0) is 19.1 Å². The van der Waals surface area contributed by atoms with Crippen molar-refractivity contribution in [2.45, 2.75) is 124 Å². The number of ether oxygens (including phenoxy) is 2. The Balaban J connectivity index is 1.10. The lowest BCUT2D eigenvalue weighted by atomic mass is 9.82. The first-order valence-electron chi connectivity index (χ1n) is 22.3. The van der Waals surface area contributed by atoms with Crippen LogP contribution in [0.15, 0.2) is 69.8 Å². The zero-order valence-electron chi connectivity index (χ0n) is 37.9. The molecule has 3 aromatic rings. The number of methoxy groups -OCH3 is 1. The van der Waals surface area contributed by atoms with Crippen LogP contribution in [-0.4, -0.2) is 89.2 Å². The molecule has 12 heteroatoms. The molecule has 2 aromatic carbocycles. The van der Waals surface area contributed by atoms with Crippen LogP contribution in [0.4, 0.5) is 10.5 Å². The molecule has 4 aliphatic rings. The number of aliphatic imine (C=N–C) groups is 3. The predicted octanol–water partition coefficient (Wildman–Crippen LogP) is 9.84. The van der Waals surface area contributed by atoms with E-state index >= 15 is 0 Å². The first-order valence-corrected chi connectivity index (χ1v) is 22.3. The quantitative estimate of drug-likeness (QED) is 0.170. The molecular weight excluding hydrogens is 779 g/mol. The van der Waals surface area contributed by atoms with E-state index in [1.54, 1.807) is 6.20 Å². The summed E-state index contributed by atoms with van der Waals surface area (Å²) in [6.45, 7) is 21.3. The minimum Gasteiger partial charge on any atom is -0.453 e. The summed E-state index contributed by atoms with van der Waals surface area (Å²) in [4.78, 5) is 62.0. The number of hydrogen-bond donors (Lipinski definition) is 1. The van der Waals surface area contributed by atoms with Crippen LogP contribution in [0.1, 0.15) is 121 Å². The van der Waals surface area contributed by atoms with E-state index in [-0.39, 0.29) is 53.9 Å². The van der Waals surface area contributed by atoms with Crippen molar-refractivity contribution >= 4 is 47.4 Å². The standard InChI is InChI=1S/C50H63N7O5/c1-28(2)31(6)48(58)56-23-11-13-41(56)32(7)52-27-40(51-9)35-16-20-39(53-26-35)37-18-17-36(45-43-21-22-44(62-43)46(37)45)34-15-19-38(30(5)25-34)54-33(8)42-14-12-24-57(42)49(59)47(29(3)4)55-50(60)61-10/h15-20,25-29,31,41-44,47H,9,11-14,21-24H2,1-8,10H3,(H,55,60)/b40-27-,52-32+,54-33+/t31-,41-,42-,43?,44?,47-/m0/s1. The van der Waals surface area contributed by atoms with E-state index in [0.29, 0.717) is 12.2 Å². The second kappa shape index (κ2) is 18.9. The van der Waals surface area contributed by atoms with Crippen LogP contribution in [0, 0.1) is 24.7 Å². The van der Waals surface area contributed by atoms with E-state index in [9.17, 15) is 14.4 Å². The summed E-state index contributed by atoms with van der Waals surface area (Å²) < 4.78 is 11.4.